The molecule has 0 fully saturated rings. The van der Waals surface area contributed by atoms with Gasteiger partial charge in [0.25, 0.3) is 0 Å². The lowest BCUT2D eigenvalue weighted by atomic mass is 10.0. The highest BCUT2D eigenvalue weighted by molar-refractivity contribution is 6.06. The average molecular weight is 188 g/mol. The fourth-order valence-corrected chi connectivity index (χ4v) is 0.775. The summed E-state index contributed by atoms with van der Waals surface area (Å²) in [4.78, 5) is 23.9. The van der Waals surface area contributed by atoms with Gasteiger partial charge in [-0.3, -0.25) is 9.69 Å². The van der Waals surface area contributed by atoms with Gasteiger partial charge in [0.05, 0.1) is 6.61 Å². The van der Waals surface area contributed by atoms with Gasteiger partial charge in [0.2, 0.25) is 5.91 Å². The first-order valence-corrected chi connectivity index (χ1v) is 4.01. The van der Waals surface area contributed by atoms with E-state index in [2.05, 4.69) is 0 Å². The van der Waals surface area contributed by atoms with E-state index >= 15 is 0 Å². The number of nitrogens with zero attached hydrogens (tertiary/aromatic N) is 1. The van der Waals surface area contributed by atoms with Crippen LogP contribution in [0.2, 0.25) is 0 Å². The molecule has 0 saturated carbocycles. The third-order valence-electron chi connectivity index (χ3n) is 2.05. The summed E-state index contributed by atoms with van der Waals surface area (Å²) in [6, 6.07) is 0. The number of hydrogen-bond acceptors (Lipinski definition) is 4. The van der Waals surface area contributed by atoms with Crippen molar-refractivity contribution in [3.05, 3.63) is 0 Å². The molecule has 1 amide bonds. The van der Waals surface area contributed by atoms with Crippen LogP contribution in [0.25, 0.3) is 0 Å². The zero-order chi connectivity index (χ0) is 10.6. The molecular weight excluding hydrogens is 172 g/mol. The van der Waals surface area contributed by atoms with E-state index in [1.807, 2.05) is 0 Å². The molecule has 13 heavy (non-hydrogen) atoms. The molecule has 0 unspecified atom stereocenters. The molecule has 2 N–H and O–H groups in total. The van der Waals surface area contributed by atoms with E-state index in [9.17, 15) is 9.59 Å². The van der Waals surface area contributed by atoms with Gasteiger partial charge >= 0.3 is 5.97 Å². The number of ether oxygens (including phenoxy) is 1. The zero-order valence-electron chi connectivity index (χ0n) is 8.46. The molecule has 0 bridgehead atoms. The Hall–Kier alpha value is -1.10. The molecular formula is C8H16N2O3. The first kappa shape index (κ1) is 11.9. The van der Waals surface area contributed by atoms with Gasteiger partial charge in [0.15, 0.2) is 5.54 Å². The van der Waals surface area contributed by atoms with Crippen molar-refractivity contribution in [2.45, 2.75) is 19.4 Å². The summed E-state index contributed by atoms with van der Waals surface area (Å²) in [7, 11) is 3.20. The van der Waals surface area contributed by atoms with Gasteiger partial charge in [0.1, 0.15) is 0 Å². The number of nitrogens with two attached hydrogens (primary N) is 1. The molecule has 5 heteroatoms. The number of hydrogen-bond donors (Lipinski definition) is 1. The lowest BCUT2D eigenvalue weighted by molar-refractivity contribution is -0.159. The Morgan fingerprint density at radius 3 is 2.15 bits per heavy atom. The van der Waals surface area contributed by atoms with Crippen molar-refractivity contribution >= 4 is 11.9 Å². The Morgan fingerprint density at radius 1 is 1.46 bits per heavy atom. The SMILES string of the molecule is CCOC(=O)[C@@](C)(C(N)=O)N(C)C. The van der Waals surface area contributed by atoms with Gasteiger partial charge in [0, 0.05) is 0 Å². The van der Waals surface area contributed by atoms with Crippen molar-refractivity contribution in [2.75, 3.05) is 20.7 Å². The molecule has 0 spiro atoms. The van der Waals surface area contributed by atoms with Gasteiger partial charge in [-0.1, -0.05) is 0 Å². The number of carbonyl (C=O) groups excluding carboxylic acids is 2. The lowest BCUT2D eigenvalue weighted by Gasteiger charge is -2.30. The quantitative estimate of drug-likeness (QED) is 0.470. The summed E-state index contributed by atoms with van der Waals surface area (Å²) in [6.45, 7) is 3.35. The van der Waals surface area contributed by atoms with Crippen LogP contribution in [0.1, 0.15) is 13.8 Å². The van der Waals surface area contributed by atoms with Crippen LogP contribution in [-0.2, 0) is 14.3 Å². The van der Waals surface area contributed by atoms with Gasteiger partial charge in [-0.05, 0) is 27.9 Å². The Morgan fingerprint density at radius 2 is 1.92 bits per heavy atom. The van der Waals surface area contributed by atoms with Crippen molar-refractivity contribution < 1.29 is 14.3 Å². The highest BCUT2D eigenvalue weighted by atomic mass is 16.5. The summed E-state index contributed by atoms with van der Waals surface area (Å²) in [5, 5.41) is 0. The van der Waals surface area contributed by atoms with Crippen LogP contribution in [-0.4, -0.2) is 43.0 Å². The van der Waals surface area contributed by atoms with E-state index < -0.39 is 17.4 Å². The maximum absolute atomic E-state index is 11.4. The predicted octanol–water partition coefficient (Wildman–Crippen LogP) is -0.645. The second-order valence-electron chi connectivity index (χ2n) is 3.05. The van der Waals surface area contributed by atoms with E-state index in [0.717, 1.165) is 0 Å². The largest absolute Gasteiger partial charge is 0.464 e. The predicted molar refractivity (Wildman–Crippen MR) is 47.9 cm³/mol. The number of carbonyl (C=O) groups is 2. The molecule has 1 atom stereocenters. The Bertz CT molecular complexity index is 215. The maximum atomic E-state index is 11.4. The summed E-state index contributed by atoms with van der Waals surface area (Å²) in [5.74, 6) is -1.33. The smallest absolute Gasteiger partial charge is 0.336 e. The minimum Gasteiger partial charge on any atom is -0.464 e. The van der Waals surface area contributed by atoms with Crippen molar-refractivity contribution in [1.82, 2.24) is 4.90 Å². The van der Waals surface area contributed by atoms with Crippen LogP contribution < -0.4 is 5.73 Å². The molecule has 0 rings (SSSR count). The second-order valence-corrected chi connectivity index (χ2v) is 3.05. The van der Waals surface area contributed by atoms with Crippen LogP contribution in [0.5, 0.6) is 0 Å². The van der Waals surface area contributed by atoms with Crippen LogP contribution in [0.4, 0.5) is 0 Å². The topological polar surface area (TPSA) is 72.6 Å². The molecule has 0 aromatic rings. The van der Waals surface area contributed by atoms with Crippen molar-refractivity contribution in [1.29, 1.82) is 0 Å². The van der Waals surface area contributed by atoms with Crippen LogP contribution in [0.15, 0.2) is 0 Å². The zero-order valence-corrected chi connectivity index (χ0v) is 8.46. The van der Waals surface area contributed by atoms with Crippen LogP contribution in [0, 0.1) is 0 Å². The summed E-state index contributed by atoms with van der Waals surface area (Å²) in [5.41, 5.74) is 3.74. The van der Waals surface area contributed by atoms with Gasteiger partial charge in [-0.2, -0.15) is 0 Å². The third kappa shape index (κ3) is 2.18. The summed E-state index contributed by atoms with van der Waals surface area (Å²) < 4.78 is 4.75. The number of esters is 1. The number of rotatable bonds is 4. The third-order valence-corrected chi connectivity index (χ3v) is 2.05. The molecule has 0 aliphatic carbocycles. The first-order valence-electron chi connectivity index (χ1n) is 4.01. The van der Waals surface area contributed by atoms with E-state index in [0.29, 0.717) is 0 Å². The van der Waals surface area contributed by atoms with Gasteiger partial charge in [-0.25, -0.2) is 4.79 Å². The number of likely N-dealkylation sites (N-methyl/N-ethyl adjacent to an activating group) is 1. The van der Waals surface area contributed by atoms with Crippen LogP contribution in [0.3, 0.4) is 0 Å². The average Bonchev–Trinajstić information content (AvgIpc) is 2.02. The highest BCUT2D eigenvalue weighted by Crippen LogP contribution is 2.12. The summed E-state index contributed by atoms with van der Waals surface area (Å²) in [6.07, 6.45) is 0. The number of primary amides is 1. The normalized spacial score (nSPS) is 15.2. The standard InChI is InChI=1S/C8H16N2O3/c1-5-13-7(12)8(2,6(9)11)10(3)4/h5H2,1-4H3,(H2,9,11)/t8-/m1/s1. The van der Waals surface area contributed by atoms with Crippen LogP contribution >= 0.6 is 0 Å². The highest BCUT2D eigenvalue weighted by Gasteiger charge is 2.43. The fraction of sp³-hybridized carbons (Fsp3) is 0.750. The van der Waals surface area contributed by atoms with E-state index in [1.165, 1.54) is 11.8 Å². The number of amides is 1. The molecule has 0 saturated heterocycles. The molecule has 0 aliphatic rings. The molecule has 5 nitrogen and oxygen atoms in total. The molecule has 0 radical (unpaired) electrons. The Labute approximate surface area is 77.8 Å². The molecule has 0 aromatic heterocycles. The van der Waals surface area contributed by atoms with Crippen molar-refractivity contribution in [3.63, 3.8) is 0 Å². The summed E-state index contributed by atoms with van der Waals surface area (Å²) >= 11 is 0. The van der Waals surface area contributed by atoms with E-state index in [-0.39, 0.29) is 6.61 Å². The minimum absolute atomic E-state index is 0.232. The van der Waals surface area contributed by atoms with Gasteiger partial charge in [-0.15, -0.1) is 0 Å². The monoisotopic (exact) mass is 188 g/mol. The molecule has 0 heterocycles. The van der Waals surface area contributed by atoms with Gasteiger partial charge < -0.3 is 10.5 Å². The molecule has 76 valence electrons. The second kappa shape index (κ2) is 4.23. The minimum atomic E-state index is -1.38. The Kier molecular flexibility index (Phi) is 3.87. The maximum Gasteiger partial charge on any atom is 0.336 e. The molecule has 0 aromatic carbocycles. The lowest BCUT2D eigenvalue weighted by Crippen LogP contribution is -2.58. The fourth-order valence-electron chi connectivity index (χ4n) is 0.775. The molecule has 0 aliphatic heterocycles. The van der Waals surface area contributed by atoms with Crippen molar-refractivity contribution in [2.24, 2.45) is 5.73 Å². The van der Waals surface area contributed by atoms with Crippen molar-refractivity contribution in [3.8, 4) is 0 Å². The Balaban J connectivity index is 4.79. The first-order chi connectivity index (χ1) is 5.87. The van der Waals surface area contributed by atoms with E-state index in [4.69, 9.17) is 10.5 Å². The van der Waals surface area contributed by atoms with E-state index in [1.54, 1.807) is 21.0 Å².